The lowest BCUT2D eigenvalue weighted by Gasteiger charge is -2.30. The minimum atomic E-state index is -0.669. The van der Waals surface area contributed by atoms with Gasteiger partial charge in [-0.25, -0.2) is 9.59 Å². The zero-order valence-electron chi connectivity index (χ0n) is 16.0. The normalized spacial score (nSPS) is 16.9. The number of carbonyl (C=O) groups is 2. The first-order chi connectivity index (χ1) is 12.9. The molecule has 0 radical (unpaired) electrons. The Balaban J connectivity index is 2.22. The van der Waals surface area contributed by atoms with Crippen molar-refractivity contribution in [3.8, 4) is 5.75 Å². The van der Waals surface area contributed by atoms with E-state index in [1.165, 1.54) is 0 Å². The summed E-state index contributed by atoms with van der Waals surface area (Å²) in [6.07, 6.45) is -0.269. The van der Waals surface area contributed by atoms with E-state index in [1.807, 2.05) is 43.3 Å². The van der Waals surface area contributed by atoms with Crippen molar-refractivity contribution in [3.05, 3.63) is 53.2 Å². The number of ether oxygens (including phenoxy) is 2. The van der Waals surface area contributed by atoms with Crippen LogP contribution in [0.3, 0.4) is 0 Å². The van der Waals surface area contributed by atoms with E-state index in [9.17, 15) is 9.59 Å². The Hall–Kier alpha value is -3.02. The fourth-order valence-corrected chi connectivity index (χ4v) is 3.31. The molecule has 3 rings (SSSR count). The van der Waals surface area contributed by atoms with Crippen LogP contribution in [0.2, 0.25) is 0 Å². The van der Waals surface area contributed by atoms with E-state index < -0.39 is 12.0 Å². The molecule has 0 aliphatic carbocycles. The van der Waals surface area contributed by atoms with Crippen molar-refractivity contribution in [2.75, 3.05) is 6.61 Å². The van der Waals surface area contributed by atoms with Crippen LogP contribution in [0.25, 0.3) is 10.8 Å². The number of carbonyl (C=O) groups excluding carboxylic acids is 2. The van der Waals surface area contributed by atoms with E-state index in [-0.39, 0.29) is 12.1 Å². The van der Waals surface area contributed by atoms with Gasteiger partial charge in [-0.05, 0) is 44.5 Å². The molecule has 0 spiro atoms. The van der Waals surface area contributed by atoms with Gasteiger partial charge in [0, 0.05) is 11.3 Å². The van der Waals surface area contributed by atoms with Gasteiger partial charge in [0.25, 0.3) is 0 Å². The number of urea groups is 1. The summed E-state index contributed by atoms with van der Waals surface area (Å²) in [6.45, 7) is 7.66. The van der Waals surface area contributed by atoms with Crippen molar-refractivity contribution in [3.63, 3.8) is 0 Å². The summed E-state index contributed by atoms with van der Waals surface area (Å²) in [5, 5.41) is 7.45. The van der Waals surface area contributed by atoms with Crippen LogP contribution in [0, 0.1) is 0 Å². The molecule has 0 saturated carbocycles. The summed E-state index contributed by atoms with van der Waals surface area (Å²) in [4.78, 5) is 25.0. The second-order valence-electron chi connectivity index (χ2n) is 6.66. The van der Waals surface area contributed by atoms with E-state index in [1.54, 1.807) is 20.8 Å². The smallest absolute Gasteiger partial charge is 0.338 e. The lowest BCUT2D eigenvalue weighted by atomic mass is 9.90. The maximum absolute atomic E-state index is 12.8. The SMILES string of the molecule is CCOc1ccc2ccccc2c1[C@H]1NC(=O)NC(C)=C1C(=O)OC(C)C. The Morgan fingerprint density at radius 2 is 1.93 bits per heavy atom. The third kappa shape index (κ3) is 3.74. The first kappa shape index (κ1) is 18.8. The Bertz CT molecular complexity index is 918. The van der Waals surface area contributed by atoms with E-state index in [0.29, 0.717) is 23.6 Å². The maximum Gasteiger partial charge on any atom is 0.338 e. The van der Waals surface area contributed by atoms with Crippen molar-refractivity contribution in [2.45, 2.75) is 39.8 Å². The Morgan fingerprint density at radius 1 is 1.19 bits per heavy atom. The van der Waals surface area contributed by atoms with Crippen LogP contribution in [0.15, 0.2) is 47.7 Å². The third-order valence-corrected chi connectivity index (χ3v) is 4.35. The largest absolute Gasteiger partial charge is 0.493 e. The second kappa shape index (κ2) is 7.70. The quantitative estimate of drug-likeness (QED) is 0.787. The fourth-order valence-electron chi connectivity index (χ4n) is 3.31. The molecule has 27 heavy (non-hydrogen) atoms. The molecule has 1 aliphatic heterocycles. The molecule has 1 atom stereocenters. The molecule has 0 bridgehead atoms. The molecule has 2 amide bonds. The summed E-state index contributed by atoms with van der Waals surface area (Å²) in [5.74, 6) is 0.168. The molecule has 2 aromatic rings. The first-order valence-electron chi connectivity index (χ1n) is 9.06. The van der Waals surface area contributed by atoms with Gasteiger partial charge in [-0.3, -0.25) is 0 Å². The highest BCUT2D eigenvalue weighted by Gasteiger charge is 2.35. The van der Waals surface area contributed by atoms with Gasteiger partial charge in [-0.1, -0.05) is 30.3 Å². The molecule has 0 aromatic heterocycles. The van der Waals surface area contributed by atoms with Gasteiger partial charge in [0.05, 0.1) is 24.3 Å². The van der Waals surface area contributed by atoms with E-state index in [4.69, 9.17) is 9.47 Å². The van der Waals surface area contributed by atoms with Crippen molar-refractivity contribution in [1.82, 2.24) is 10.6 Å². The van der Waals surface area contributed by atoms with Crippen LogP contribution < -0.4 is 15.4 Å². The minimum Gasteiger partial charge on any atom is -0.493 e. The lowest BCUT2D eigenvalue weighted by Crippen LogP contribution is -2.45. The number of hydrogen-bond acceptors (Lipinski definition) is 4. The van der Waals surface area contributed by atoms with Gasteiger partial charge in [0.15, 0.2) is 0 Å². The van der Waals surface area contributed by atoms with Crippen molar-refractivity contribution in [1.29, 1.82) is 0 Å². The van der Waals surface area contributed by atoms with Crippen LogP contribution in [0.5, 0.6) is 5.75 Å². The third-order valence-electron chi connectivity index (χ3n) is 4.35. The molecule has 2 N–H and O–H groups in total. The number of amides is 2. The fraction of sp³-hybridized carbons (Fsp3) is 0.333. The molecule has 6 nitrogen and oxygen atoms in total. The minimum absolute atomic E-state index is 0.269. The van der Waals surface area contributed by atoms with Gasteiger partial charge in [-0.2, -0.15) is 0 Å². The van der Waals surface area contributed by atoms with Crippen LogP contribution in [0.4, 0.5) is 4.79 Å². The van der Waals surface area contributed by atoms with Crippen LogP contribution in [-0.2, 0) is 9.53 Å². The molecule has 1 aliphatic rings. The van der Waals surface area contributed by atoms with Gasteiger partial charge >= 0.3 is 12.0 Å². The first-order valence-corrected chi connectivity index (χ1v) is 9.06. The number of hydrogen-bond donors (Lipinski definition) is 2. The Labute approximate surface area is 158 Å². The molecule has 142 valence electrons. The highest BCUT2D eigenvalue weighted by molar-refractivity contribution is 5.98. The monoisotopic (exact) mass is 368 g/mol. The van der Waals surface area contributed by atoms with Crippen molar-refractivity contribution in [2.24, 2.45) is 0 Å². The number of fused-ring (bicyclic) bond motifs is 1. The van der Waals surface area contributed by atoms with E-state index in [0.717, 1.165) is 16.3 Å². The number of allylic oxidation sites excluding steroid dienone is 1. The number of nitrogens with one attached hydrogen (secondary N) is 2. The summed E-state index contributed by atoms with van der Waals surface area (Å²) in [7, 11) is 0. The summed E-state index contributed by atoms with van der Waals surface area (Å²) >= 11 is 0. The highest BCUT2D eigenvalue weighted by atomic mass is 16.5. The highest BCUT2D eigenvalue weighted by Crippen LogP contribution is 2.38. The van der Waals surface area contributed by atoms with Crippen LogP contribution in [0.1, 0.15) is 39.3 Å². The summed E-state index contributed by atoms with van der Waals surface area (Å²) in [5.41, 5.74) is 1.60. The molecule has 6 heteroatoms. The summed E-state index contributed by atoms with van der Waals surface area (Å²) < 4.78 is 11.3. The molecule has 2 aromatic carbocycles. The molecule has 0 saturated heterocycles. The van der Waals surface area contributed by atoms with Crippen LogP contribution >= 0.6 is 0 Å². The number of esters is 1. The molecule has 0 unspecified atom stereocenters. The average molecular weight is 368 g/mol. The van der Waals surface area contributed by atoms with E-state index in [2.05, 4.69) is 10.6 Å². The van der Waals surface area contributed by atoms with Crippen molar-refractivity contribution >= 4 is 22.8 Å². The molecule has 1 heterocycles. The Morgan fingerprint density at radius 3 is 2.63 bits per heavy atom. The van der Waals surface area contributed by atoms with Gasteiger partial charge in [-0.15, -0.1) is 0 Å². The number of benzene rings is 2. The average Bonchev–Trinajstić information content (AvgIpc) is 2.60. The topological polar surface area (TPSA) is 76.7 Å². The number of rotatable bonds is 5. The maximum atomic E-state index is 12.8. The van der Waals surface area contributed by atoms with E-state index >= 15 is 0 Å². The van der Waals surface area contributed by atoms with Crippen molar-refractivity contribution < 1.29 is 19.1 Å². The molecular weight excluding hydrogens is 344 g/mol. The molecule has 0 fully saturated rings. The predicted molar refractivity (Wildman–Crippen MR) is 103 cm³/mol. The zero-order valence-corrected chi connectivity index (χ0v) is 16.0. The van der Waals surface area contributed by atoms with Crippen LogP contribution in [-0.4, -0.2) is 24.7 Å². The summed E-state index contributed by atoms with van der Waals surface area (Å²) in [6, 6.07) is 10.6. The standard InChI is InChI=1S/C21H24N2O4/c1-5-26-16-11-10-14-8-6-7-9-15(14)18(16)19-17(20(24)27-12(2)3)13(4)22-21(25)23-19/h6-12,19H,5H2,1-4H3,(H2,22,23,25)/t19-/m0/s1. The second-order valence-corrected chi connectivity index (χ2v) is 6.66. The Kier molecular flexibility index (Phi) is 5.35. The molecular formula is C21H24N2O4. The predicted octanol–water partition coefficient (Wildman–Crippen LogP) is 3.82. The zero-order chi connectivity index (χ0) is 19.6. The van der Waals surface area contributed by atoms with Gasteiger partial charge < -0.3 is 20.1 Å². The lowest BCUT2D eigenvalue weighted by molar-refractivity contribution is -0.143. The van der Waals surface area contributed by atoms with Gasteiger partial charge in [0.2, 0.25) is 0 Å². The van der Waals surface area contributed by atoms with Gasteiger partial charge in [0.1, 0.15) is 5.75 Å².